The Kier molecular flexibility index (Phi) is 7.39. The molecule has 0 aliphatic rings. The molecule has 0 radical (unpaired) electrons. The third kappa shape index (κ3) is 5.35. The monoisotopic (exact) mass is 490 g/mol. The number of hydrogen-bond donors (Lipinski definition) is 1. The van der Waals surface area contributed by atoms with Gasteiger partial charge in [-0.25, -0.2) is 8.42 Å². The first-order valence-corrected chi connectivity index (χ1v) is 11.7. The molecule has 0 fully saturated rings. The van der Waals surface area contributed by atoms with Crippen LogP contribution in [0.4, 0.5) is 5.69 Å². The predicted molar refractivity (Wildman–Crippen MR) is 124 cm³/mol. The summed E-state index contributed by atoms with van der Waals surface area (Å²) < 4.78 is 38.3. The molecule has 0 saturated heterocycles. The van der Waals surface area contributed by atoms with Gasteiger partial charge in [0.25, 0.3) is 15.9 Å². The Morgan fingerprint density at radius 3 is 2.58 bits per heavy atom. The molecule has 9 nitrogen and oxygen atoms in total. The summed E-state index contributed by atoms with van der Waals surface area (Å²) in [5, 5.41) is 6.48. The van der Waals surface area contributed by atoms with Gasteiger partial charge >= 0.3 is 0 Å². The molecule has 3 rings (SSSR count). The summed E-state index contributed by atoms with van der Waals surface area (Å²) in [6.07, 6.45) is 1.47. The third-order valence-electron chi connectivity index (χ3n) is 4.69. The smallest absolute Gasteiger partial charge is 0.264 e. The Morgan fingerprint density at radius 1 is 1.30 bits per heavy atom. The SMILES string of the molecule is C=CCN(c1ccc(OC)cc1)S(=O)(=O)c1ccc(Cl)c(C(=O)NC(C)c2nc(C)no2)c1. The van der Waals surface area contributed by atoms with Crippen LogP contribution in [0.2, 0.25) is 5.02 Å². The van der Waals surface area contributed by atoms with Gasteiger partial charge in [0, 0.05) is 0 Å². The zero-order valence-electron chi connectivity index (χ0n) is 18.3. The number of hydrogen-bond acceptors (Lipinski definition) is 7. The summed E-state index contributed by atoms with van der Waals surface area (Å²) >= 11 is 6.22. The quantitative estimate of drug-likeness (QED) is 0.452. The van der Waals surface area contributed by atoms with Gasteiger partial charge in [-0.3, -0.25) is 9.10 Å². The molecule has 0 spiro atoms. The van der Waals surface area contributed by atoms with E-state index in [1.165, 1.54) is 35.7 Å². The second kappa shape index (κ2) is 10.1. The maximum Gasteiger partial charge on any atom is 0.264 e. The minimum absolute atomic E-state index is 0.00545. The molecule has 1 heterocycles. The van der Waals surface area contributed by atoms with Crippen molar-refractivity contribution in [1.82, 2.24) is 15.5 Å². The molecule has 0 saturated carbocycles. The van der Waals surface area contributed by atoms with Crippen molar-refractivity contribution in [3.05, 3.63) is 77.4 Å². The average molecular weight is 491 g/mol. The minimum Gasteiger partial charge on any atom is -0.497 e. The van der Waals surface area contributed by atoms with Crippen LogP contribution in [-0.4, -0.2) is 38.1 Å². The lowest BCUT2D eigenvalue weighted by molar-refractivity contribution is 0.0932. The van der Waals surface area contributed by atoms with E-state index in [0.717, 1.165) is 0 Å². The van der Waals surface area contributed by atoms with E-state index in [4.69, 9.17) is 20.9 Å². The van der Waals surface area contributed by atoms with Crippen molar-refractivity contribution in [2.75, 3.05) is 18.0 Å². The summed E-state index contributed by atoms with van der Waals surface area (Å²) in [6.45, 7) is 6.99. The first-order chi connectivity index (χ1) is 15.7. The molecule has 1 N–H and O–H groups in total. The van der Waals surface area contributed by atoms with Crippen molar-refractivity contribution < 1.29 is 22.5 Å². The van der Waals surface area contributed by atoms with E-state index in [1.54, 1.807) is 38.1 Å². The molecule has 3 aromatic rings. The van der Waals surface area contributed by atoms with Crippen molar-refractivity contribution in [2.24, 2.45) is 0 Å². The number of sulfonamides is 1. The highest BCUT2D eigenvalue weighted by molar-refractivity contribution is 7.92. The second-order valence-corrected chi connectivity index (χ2v) is 9.31. The van der Waals surface area contributed by atoms with Gasteiger partial charge in [0.2, 0.25) is 5.89 Å². The van der Waals surface area contributed by atoms with Gasteiger partial charge in [-0.2, -0.15) is 4.98 Å². The van der Waals surface area contributed by atoms with Crippen LogP contribution in [0.15, 0.2) is 64.5 Å². The number of anilines is 1. The summed E-state index contributed by atoms with van der Waals surface area (Å²) in [7, 11) is -2.52. The number of rotatable bonds is 9. The Balaban J connectivity index is 1.93. The number of aryl methyl sites for hydroxylation is 1. The normalized spacial score (nSPS) is 12.1. The fraction of sp³-hybridized carbons (Fsp3) is 0.227. The van der Waals surface area contributed by atoms with E-state index in [9.17, 15) is 13.2 Å². The zero-order valence-corrected chi connectivity index (χ0v) is 19.9. The third-order valence-corrected chi connectivity index (χ3v) is 6.81. The van der Waals surface area contributed by atoms with Gasteiger partial charge in [0.1, 0.15) is 11.8 Å². The number of nitrogens with one attached hydrogen (secondary N) is 1. The molecule has 33 heavy (non-hydrogen) atoms. The molecule has 174 valence electrons. The topological polar surface area (TPSA) is 115 Å². The van der Waals surface area contributed by atoms with Gasteiger partial charge in [-0.15, -0.1) is 6.58 Å². The largest absolute Gasteiger partial charge is 0.497 e. The van der Waals surface area contributed by atoms with Crippen LogP contribution >= 0.6 is 11.6 Å². The van der Waals surface area contributed by atoms with E-state index in [0.29, 0.717) is 17.3 Å². The average Bonchev–Trinajstić information content (AvgIpc) is 3.24. The van der Waals surface area contributed by atoms with Crippen LogP contribution in [0.5, 0.6) is 5.75 Å². The molecule has 0 aliphatic heterocycles. The van der Waals surface area contributed by atoms with Crippen LogP contribution in [0.1, 0.15) is 35.0 Å². The van der Waals surface area contributed by atoms with Crippen molar-refractivity contribution in [3.8, 4) is 5.75 Å². The maximum atomic E-state index is 13.4. The Morgan fingerprint density at radius 2 is 2.00 bits per heavy atom. The van der Waals surface area contributed by atoms with Crippen LogP contribution < -0.4 is 14.4 Å². The first-order valence-electron chi connectivity index (χ1n) is 9.85. The Bertz CT molecular complexity index is 1260. The van der Waals surface area contributed by atoms with Gasteiger partial charge in [0.15, 0.2) is 5.82 Å². The molecular weight excluding hydrogens is 468 g/mol. The standard InChI is InChI=1S/C22H23ClN4O5S/c1-5-12-27(16-6-8-17(31-4)9-7-16)33(29,30)18-10-11-20(23)19(13-18)21(28)24-14(2)22-25-15(3)26-32-22/h5-11,13-14H,1,12H2,2-4H3,(H,24,28). The molecule has 1 atom stereocenters. The number of ether oxygens (including phenoxy) is 1. The fourth-order valence-corrected chi connectivity index (χ4v) is 4.66. The van der Waals surface area contributed by atoms with Crippen molar-refractivity contribution in [2.45, 2.75) is 24.8 Å². The van der Waals surface area contributed by atoms with E-state index < -0.39 is 22.0 Å². The van der Waals surface area contributed by atoms with E-state index in [2.05, 4.69) is 22.0 Å². The minimum atomic E-state index is -4.04. The van der Waals surface area contributed by atoms with Crippen LogP contribution in [0, 0.1) is 6.92 Å². The molecule has 11 heteroatoms. The number of benzene rings is 2. The number of carbonyl (C=O) groups is 1. The molecule has 1 amide bonds. The zero-order chi connectivity index (χ0) is 24.2. The Labute approximate surface area is 197 Å². The van der Waals surface area contributed by atoms with E-state index in [1.807, 2.05) is 0 Å². The number of methoxy groups -OCH3 is 1. The van der Waals surface area contributed by atoms with Crippen LogP contribution in [0.3, 0.4) is 0 Å². The Hall–Kier alpha value is -3.37. The highest BCUT2D eigenvalue weighted by Gasteiger charge is 2.27. The van der Waals surface area contributed by atoms with Gasteiger partial charge in [-0.05, 0) is 56.3 Å². The number of carbonyl (C=O) groups excluding carboxylic acids is 1. The number of amides is 1. The van der Waals surface area contributed by atoms with Crippen LogP contribution in [0.25, 0.3) is 0 Å². The molecule has 2 aromatic carbocycles. The molecule has 1 unspecified atom stereocenters. The lowest BCUT2D eigenvalue weighted by Gasteiger charge is -2.24. The van der Waals surface area contributed by atoms with Crippen molar-refractivity contribution in [1.29, 1.82) is 0 Å². The van der Waals surface area contributed by atoms with Crippen molar-refractivity contribution in [3.63, 3.8) is 0 Å². The summed E-state index contributed by atoms with van der Waals surface area (Å²) in [4.78, 5) is 16.8. The fourth-order valence-electron chi connectivity index (χ4n) is 3.00. The van der Waals surface area contributed by atoms with E-state index in [-0.39, 0.29) is 27.9 Å². The lowest BCUT2D eigenvalue weighted by atomic mass is 10.2. The number of nitrogens with zero attached hydrogens (tertiary/aromatic N) is 3. The number of aromatic nitrogens is 2. The summed E-state index contributed by atoms with van der Waals surface area (Å²) in [5.41, 5.74) is 0.408. The summed E-state index contributed by atoms with van der Waals surface area (Å²) in [6, 6.07) is 9.90. The van der Waals surface area contributed by atoms with Gasteiger partial charge in [0.05, 0.1) is 34.8 Å². The molecule has 0 bridgehead atoms. The first kappa shape index (κ1) is 24.3. The predicted octanol–water partition coefficient (Wildman–Crippen LogP) is 3.91. The highest BCUT2D eigenvalue weighted by Crippen LogP contribution is 2.28. The summed E-state index contributed by atoms with van der Waals surface area (Å²) in [5.74, 6) is 0.654. The highest BCUT2D eigenvalue weighted by atomic mass is 35.5. The second-order valence-electron chi connectivity index (χ2n) is 7.04. The molecular formula is C22H23ClN4O5S. The lowest BCUT2D eigenvalue weighted by Crippen LogP contribution is -2.32. The maximum absolute atomic E-state index is 13.4. The van der Waals surface area contributed by atoms with Crippen LogP contribution in [-0.2, 0) is 10.0 Å². The molecule has 1 aromatic heterocycles. The molecule has 0 aliphatic carbocycles. The van der Waals surface area contributed by atoms with Crippen molar-refractivity contribution >= 4 is 33.2 Å². The van der Waals surface area contributed by atoms with Gasteiger partial charge in [-0.1, -0.05) is 22.8 Å². The van der Waals surface area contributed by atoms with E-state index >= 15 is 0 Å². The van der Waals surface area contributed by atoms with Gasteiger partial charge < -0.3 is 14.6 Å². The number of halogens is 1.